The largest absolute Gasteiger partial charge is 0.376 e. The Hall–Kier alpha value is -0.160. The first-order valence-corrected chi connectivity index (χ1v) is 6.87. The van der Waals surface area contributed by atoms with Crippen LogP contribution in [0.25, 0.3) is 0 Å². The van der Waals surface area contributed by atoms with Crippen LogP contribution in [-0.2, 0) is 14.2 Å². The molecule has 2 fully saturated rings. The molecule has 1 N–H and O–H groups in total. The molecule has 100 valence electrons. The van der Waals surface area contributed by atoms with Crippen LogP contribution < -0.4 is 5.32 Å². The molecule has 1 aliphatic heterocycles. The quantitative estimate of drug-likeness (QED) is 0.764. The van der Waals surface area contributed by atoms with E-state index < -0.39 is 0 Å². The van der Waals surface area contributed by atoms with Crippen LogP contribution in [0.5, 0.6) is 0 Å². The summed E-state index contributed by atoms with van der Waals surface area (Å²) in [5.41, 5.74) is 0. The van der Waals surface area contributed by atoms with Crippen LogP contribution in [0.1, 0.15) is 32.6 Å². The first kappa shape index (κ1) is 13.3. The van der Waals surface area contributed by atoms with Crippen LogP contribution in [0.2, 0.25) is 0 Å². The fraction of sp³-hybridized carbons (Fsp3) is 1.00. The lowest BCUT2D eigenvalue weighted by Crippen LogP contribution is -2.59. The summed E-state index contributed by atoms with van der Waals surface area (Å²) in [6.45, 7) is 4.41. The summed E-state index contributed by atoms with van der Waals surface area (Å²) in [4.78, 5) is 0. The molecule has 1 heterocycles. The zero-order valence-electron chi connectivity index (χ0n) is 11.0. The van der Waals surface area contributed by atoms with Crippen LogP contribution in [0.4, 0.5) is 0 Å². The number of hydrogen-bond donors (Lipinski definition) is 1. The monoisotopic (exact) mass is 243 g/mol. The number of ether oxygens (including phenoxy) is 3. The zero-order chi connectivity index (χ0) is 12.1. The van der Waals surface area contributed by atoms with E-state index in [9.17, 15) is 0 Å². The highest BCUT2D eigenvalue weighted by molar-refractivity contribution is 4.96. The minimum absolute atomic E-state index is 0.216. The lowest BCUT2D eigenvalue weighted by molar-refractivity contribution is -0.162. The predicted molar refractivity (Wildman–Crippen MR) is 66.2 cm³/mol. The van der Waals surface area contributed by atoms with Crippen molar-refractivity contribution in [1.82, 2.24) is 5.32 Å². The van der Waals surface area contributed by atoms with E-state index in [1.165, 1.54) is 12.8 Å². The number of hydrogen-bond acceptors (Lipinski definition) is 4. The van der Waals surface area contributed by atoms with Gasteiger partial charge in [0, 0.05) is 19.3 Å². The Bertz CT molecular complexity index is 219. The summed E-state index contributed by atoms with van der Waals surface area (Å²) in [7, 11) is 1.98. The van der Waals surface area contributed by atoms with Crippen LogP contribution in [0, 0.1) is 0 Å². The third kappa shape index (κ3) is 3.41. The van der Waals surface area contributed by atoms with Gasteiger partial charge in [0.2, 0.25) is 0 Å². The highest BCUT2D eigenvalue weighted by Crippen LogP contribution is 2.28. The molecular formula is C13H25NO3. The highest BCUT2D eigenvalue weighted by Gasteiger charge is 2.42. The van der Waals surface area contributed by atoms with Crippen LogP contribution in [0.15, 0.2) is 0 Å². The molecular weight excluding hydrogens is 218 g/mol. The number of nitrogens with one attached hydrogen (secondary N) is 1. The molecule has 0 aromatic rings. The minimum atomic E-state index is 0.216. The van der Waals surface area contributed by atoms with E-state index in [0.29, 0.717) is 12.1 Å². The Kier molecular flexibility index (Phi) is 5.22. The predicted octanol–water partition coefficient (Wildman–Crippen LogP) is 1.34. The van der Waals surface area contributed by atoms with Crippen molar-refractivity contribution in [3.05, 3.63) is 0 Å². The lowest BCUT2D eigenvalue weighted by Gasteiger charge is -2.44. The van der Waals surface area contributed by atoms with Crippen molar-refractivity contribution in [2.24, 2.45) is 0 Å². The molecule has 4 unspecified atom stereocenters. The maximum Gasteiger partial charge on any atom is 0.0990 e. The number of rotatable bonds is 6. The first-order valence-electron chi connectivity index (χ1n) is 6.87. The lowest BCUT2D eigenvalue weighted by atomic mass is 9.85. The van der Waals surface area contributed by atoms with Crippen molar-refractivity contribution in [2.45, 2.75) is 57.0 Å². The van der Waals surface area contributed by atoms with Gasteiger partial charge in [0.25, 0.3) is 0 Å². The van der Waals surface area contributed by atoms with Crippen molar-refractivity contribution in [1.29, 1.82) is 0 Å². The Balaban J connectivity index is 1.68. The Labute approximate surface area is 104 Å². The van der Waals surface area contributed by atoms with Crippen molar-refractivity contribution in [3.63, 3.8) is 0 Å². The maximum absolute atomic E-state index is 5.92. The van der Waals surface area contributed by atoms with Crippen LogP contribution >= 0.6 is 0 Å². The molecule has 17 heavy (non-hydrogen) atoms. The van der Waals surface area contributed by atoms with Gasteiger partial charge in [0.15, 0.2) is 0 Å². The van der Waals surface area contributed by atoms with Gasteiger partial charge in [-0.2, -0.15) is 0 Å². The Morgan fingerprint density at radius 2 is 2.18 bits per heavy atom. The Morgan fingerprint density at radius 3 is 2.82 bits per heavy atom. The topological polar surface area (TPSA) is 39.7 Å². The second-order valence-electron chi connectivity index (χ2n) is 4.91. The molecule has 0 radical (unpaired) electrons. The minimum Gasteiger partial charge on any atom is -0.376 e. The van der Waals surface area contributed by atoms with Gasteiger partial charge in [-0.3, -0.25) is 0 Å². The van der Waals surface area contributed by atoms with Gasteiger partial charge in [0.1, 0.15) is 0 Å². The van der Waals surface area contributed by atoms with Gasteiger partial charge >= 0.3 is 0 Å². The fourth-order valence-corrected chi connectivity index (χ4v) is 2.61. The molecule has 1 saturated carbocycles. The van der Waals surface area contributed by atoms with Crippen molar-refractivity contribution in [2.75, 3.05) is 26.9 Å². The normalized spacial score (nSPS) is 37.8. The average molecular weight is 243 g/mol. The third-order valence-corrected chi connectivity index (χ3v) is 3.75. The SMILES string of the molecule is CCOC1C(NC)CC1OCC1CCCCO1. The van der Waals surface area contributed by atoms with Gasteiger partial charge in [0.05, 0.1) is 24.9 Å². The maximum atomic E-state index is 5.92. The highest BCUT2D eigenvalue weighted by atomic mass is 16.6. The van der Waals surface area contributed by atoms with Crippen molar-refractivity contribution < 1.29 is 14.2 Å². The number of likely N-dealkylation sites (N-methyl/N-ethyl adjacent to an activating group) is 1. The summed E-state index contributed by atoms with van der Waals surface area (Å²) in [5.74, 6) is 0. The van der Waals surface area contributed by atoms with Gasteiger partial charge in [-0.1, -0.05) is 0 Å². The van der Waals surface area contributed by atoms with Crippen LogP contribution in [0.3, 0.4) is 0 Å². The van der Waals surface area contributed by atoms with Crippen LogP contribution in [-0.4, -0.2) is 51.2 Å². The summed E-state index contributed by atoms with van der Waals surface area (Å²) >= 11 is 0. The molecule has 1 aliphatic carbocycles. The third-order valence-electron chi connectivity index (χ3n) is 3.75. The van der Waals surface area contributed by atoms with Gasteiger partial charge in [-0.15, -0.1) is 0 Å². The molecule has 4 nitrogen and oxygen atoms in total. The fourth-order valence-electron chi connectivity index (χ4n) is 2.61. The first-order chi connectivity index (χ1) is 8.35. The van der Waals surface area contributed by atoms with Gasteiger partial charge in [-0.25, -0.2) is 0 Å². The van der Waals surface area contributed by atoms with E-state index in [1.54, 1.807) is 0 Å². The van der Waals surface area contributed by atoms with E-state index >= 15 is 0 Å². The second-order valence-corrected chi connectivity index (χ2v) is 4.91. The second kappa shape index (κ2) is 6.69. The van der Waals surface area contributed by atoms with E-state index in [-0.39, 0.29) is 12.2 Å². The van der Waals surface area contributed by atoms with Crippen molar-refractivity contribution in [3.8, 4) is 0 Å². The van der Waals surface area contributed by atoms with E-state index in [4.69, 9.17) is 14.2 Å². The molecule has 0 bridgehead atoms. The molecule has 0 aromatic carbocycles. The zero-order valence-corrected chi connectivity index (χ0v) is 11.0. The average Bonchev–Trinajstić information content (AvgIpc) is 2.36. The van der Waals surface area contributed by atoms with E-state index in [2.05, 4.69) is 5.32 Å². The summed E-state index contributed by atoms with van der Waals surface area (Å²) in [6.07, 6.45) is 5.43. The molecule has 0 aromatic heterocycles. The molecule has 2 aliphatic rings. The van der Waals surface area contributed by atoms with Gasteiger partial charge < -0.3 is 19.5 Å². The molecule has 2 rings (SSSR count). The summed E-state index contributed by atoms with van der Waals surface area (Å²) in [6, 6.07) is 0.451. The summed E-state index contributed by atoms with van der Waals surface area (Å²) in [5, 5.41) is 3.27. The van der Waals surface area contributed by atoms with Gasteiger partial charge in [-0.05, 0) is 39.7 Å². The molecule has 1 saturated heterocycles. The van der Waals surface area contributed by atoms with Crippen molar-refractivity contribution >= 4 is 0 Å². The molecule has 0 spiro atoms. The molecule has 4 atom stereocenters. The standard InChI is InChI=1S/C13H25NO3/c1-3-15-13-11(14-2)8-12(13)17-9-10-6-4-5-7-16-10/h10-14H,3-9H2,1-2H3. The Morgan fingerprint density at radius 1 is 1.29 bits per heavy atom. The smallest absolute Gasteiger partial charge is 0.0990 e. The van der Waals surface area contributed by atoms with E-state index in [1.807, 2.05) is 14.0 Å². The summed E-state index contributed by atoms with van der Waals surface area (Å²) < 4.78 is 17.3. The molecule has 4 heteroatoms. The molecule has 0 amide bonds. The van der Waals surface area contributed by atoms with E-state index in [0.717, 1.165) is 32.7 Å².